The van der Waals surface area contributed by atoms with Crippen molar-refractivity contribution >= 4 is 27.2 Å². The van der Waals surface area contributed by atoms with Gasteiger partial charge in [0.05, 0.1) is 11.2 Å². The Morgan fingerprint density at radius 3 is 2.95 bits per heavy atom. The lowest BCUT2D eigenvalue weighted by Gasteiger charge is -2.08. The van der Waals surface area contributed by atoms with Crippen LogP contribution in [0.15, 0.2) is 29.9 Å². The van der Waals surface area contributed by atoms with E-state index < -0.39 is 5.82 Å². The molecular weight excluding hydrogens is 265 g/mol. The minimum Gasteiger partial charge on any atom is -0.432 e. The molecular formula is C13H10FN3OS. The monoisotopic (exact) mass is 275 g/mol. The van der Waals surface area contributed by atoms with E-state index in [2.05, 4.69) is 9.97 Å². The first-order chi connectivity index (χ1) is 9.16. The number of fused-ring (bicyclic) bond motifs is 1. The number of anilines is 1. The van der Waals surface area contributed by atoms with Crippen molar-refractivity contribution in [1.82, 2.24) is 9.97 Å². The highest BCUT2D eigenvalue weighted by Gasteiger charge is 2.14. The highest BCUT2D eigenvalue weighted by molar-refractivity contribution is 7.17. The van der Waals surface area contributed by atoms with Gasteiger partial charge in [-0.05, 0) is 30.0 Å². The van der Waals surface area contributed by atoms with E-state index in [4.69, 9.17) is 10.5 Å². The molecule has 0 aliphatic rings. The molecule has 0 unspecified atom stereocenters. The van der Waals surface area contributed by atoms with Crippen LogP contribution in [0.5, 0.6) is 11.6 Å². The van der Waals surface area contributed by atoms with Crippen LogP contribution in [0.3, 0.4) is 0 Å². The molecule has 0 fully saturated rings. The van der Waals surface area contributed by atoms with E-state index in [1.54, 1.807) is 6.07 Å². The lowest BCUT2D eigenvalue weighted by molar-refractivity contribution is 0.434. The van der Waals surface area contributed by atoms with Crippen molar-refractivity contribution in [2.24, 2.45) is 0 Å². The lowest BCUT2D eigenvalue weighted by atomic mass is 10.3. The van der Waals surface area contributed by atoms with Crippen molar-refractivity contribution in [2.45, 2.75) is 6.92 Å². The first-order valence-corrected chi connectivity index (χ1v) is 6.45. The molecule has 4 nitrogen and oxygen atoms in total. The van der Waals surface area contributed by atoms with Crippen LogP contribution in [0.25, 0.3) is 10.2 Å². The summed E-state index contributed by atoms with van der Waals surface area (Å²) >= 11 is 1.46. The van der Waals surface area contributed by atoms with Gasteiger partial charge in [0.25, 0.3) is 0 Å². The molecule has 0 amide bonds. The molecule has 0 aliphatic carbocycles. The SMILES string of the molecule is Cc1csc2c(Oc3c(N)cccc3F)ncnc12. The van der Waals surface area contributed by atoms with E-state index in [0.717, 1.165) is 15.8 Å². The Kier molecular flexibility index (Phi) is 2.79. The molecule has 1 aromatic carbocycles. The van der Waals surface area contributed by atoms with Crippen molar-refractivity contribution < 1.29 is 9.13 Å². The van der Waals surface area contributed by atoms with Crippen LogP contribution in [0.1, 0.15) is 5.56 Å². The second kappa shape index (κ2) is 4.47. The summed E-state index contributed by atoms with van der Waals surface area (Å²) < 4.78 is 20.0. The summed E-state index contributed by atoms with van der Waals surface area (Å²) in [6.45, 7) is 1.95. The van der Waals surface area contributed by atoms with Gasteiger partial charge >= 0.3 is 0 Å². The zero-order valence-electron chi connectivity index (χ0n) is 10.1. The first kappa shape index (κ1) is 11.9. The Hall–Kier alpha value is -2.21. The van der Waals surface area contributed by atoms with E-state index in [9.17, 15) is 4.39 Å². The predicted molar refractivity (Wildman–Crippen MR) is 73.0 cm³/mol. The Morgan fingerprint density at radius 1 is 1.32 bits per heavy atom. The third kappa shape index (κ3) is 2.00. The third-order valence-corrected chi connectivity index (χ3v) is 3.77. The van der Waals surface area contributed by atoms with Crippen LogP contribution in [-0.2, 0) is 0 Å². The van der Waals surface area contributed by atoms with E-state index >= 15 is 0 Å². The molecule has 19 heavy (non-hydrogen) atoms. The number of rotatable bonds is 2. The number of ether oxygens (including phenoxy) is 1. The van der Waals surface area contributed by atoms with Crippen LogP contribution >= 0.6 is 11.3 Å². The van der Waals surface area contributed by atoms with Crippen molar-refractivity contribution in [3.05, 3.63) is 41.3 Å². The number of nitrogen functional groups attached to an aromatic ring is 1. The molecule has 6 heteroatoms. The standard InChI is InChI=1S/C13H10FN3OS/c1-7-5-19-12-10(7)16-6-17-13(12)18-11-8(14)3-2-4-9(11)15/h2-6H,15H2,1H3. The number of aromatic nitrogens is 2. The van der Waals surface area contributed by atoms with Gasteiger partial charge in [0, 0.05) is 0 Å². The molecule has 0 saturated heterocycles. The summed E-state index contributed by atoms with van der Waals surface area (Å²) in [7, 11) is 0. The van der Waals surface area contributed by atoms with Gasteiger partial charge in [-0.25, -0.2) is 14.4 Å². The maximum atomic E-state index is 13.7. The van der Waals surface area contributed by atoms with Crippen LogP contribution in [0, 0.1) is 12.7 Å². The molecule has 0 saturated carbocycles. The average molecular weight is 275 g/mol. The zero-order chi connectivity index (χ0) is 13.4. The summed E-state index contributed by atoms with van der Waals surface area (Å²) in [6, 6.07) is 4.41. The second-order valence-electron chi connectivity index (χ2n) is 4.04. The minimum atomic E-state index is -0.514. The Morgan fingerprint density at radius 2 is 2.16 bits per heavy atom. The number of para-hydroxylation sites is 1. The highest BCUT2D eigenvalue weighted by atomic mass is 32.1. The number of halogens is 1. The molecule has 2 aromatic heterocycles. The second-order valence-corrected chi connectivity index (χ2v) is 4.92. The Bertz CT molecular complexity index is 736. The number of nitrogens with zero attached hydrogens (tertiary/aromatic N) is 2. The van der Waals surface area contributed by atoms with Crippen molar-refractivity contribution in [3.8, 4) is 11.6 Å². The molecule has 0 radical (unpaired) electrons. The molecule has 2 N–H and O–H groups in total. The fourth-order valence-electron chi connectivity index (χ4n) is 1.75. The van der Waals surface area contributed by atoms with Crippen molar-refractivity contribution in [1.29, 1.82) is 0 Å². The molecule has 0 aliphatic heterocycles. The van der Waals surface area contributed by atoms with Gasteiger partial charge in [0.1, 0.15) is 11.0 Å². The summed E-state index contributed by atoms with van der Waals surface area (Å²) in [5.74, 6) is -0.200. The molecule has 2 heterocycles. The third-order valence-electron chi connectivity index (χ3n) is 2.69. The zero-order valence-corrected chi connectivity index (χ0v) is 10.9. The van der Waals surface area contributed by atoms with Crippen LogP contribution in [-0.4, -0.2) is 9.97 Å². The van der Waals surface area contributed by atoms with E-state index in [-0.39, 0.29) is 11.4 Å². The lowest BCUT2D eigenvalue weighted by Crippen LogP contribution is -1.96. The maximum Gasteiger partial charge on any atom is 0.240 e. The molecule has 0 bridgehead atoms. The van der Waals surface area contributed by atoms with Crippen LogP contribution < -0.4 is 10.5 Å². The van der Waals surface area contributed by atoms with Gasteiger partial charge in [-0.3, -0.25) is 0 Å². The molecule has 0 atom stereocenters. The van der Waals surface area contributed by atoms with Gasteiger partial charge < -0.3 is 10.5 Å². The number of benzene rings is 1. The first-order valence-electron chi connectivity index (χ1n) is 5.57. The van der Waals surface area contributed by atoms with Crippen LogP contribution in [0.4, 0.5) is 10.1 Å². The van der Waals surface area contributed by atoms with Gasteiger partial charge in [0.2, 0.25) is 5.88 Å². The largest absolute Gasteiger partial charge is 0.432 e. The van der Waals surface area contributed by atoms with Gasteiger partial charge in [-0.15, -0.1) is 11.3 Å². The average Bonchev–Trinajstić information content (AvgIpc) is 2.77. The minimum absolute atomic E-state index is 0.00597. The molecule has 3 aromatic rings. The summed E-state index contributed by atoms with van der Waals surface area (Å²) in [5.41, 5.74) is 7.80. The van der Waals surface area contributed by atoms with Crippen molar-refractivity contribution in [3.63, 3.8) is 0 Å². The number of thiophene rings is 1. The number of aryl methyl sites for hydroxylation is 1. The Balaban J connectivity index is 2.11. The molecule has 96 valence electrons. The van der Waals surface area contributed by atoms with Crippen molar-refractivity contribution in [2.75, 3.05) is 5.73 Å². The topological polar surface area (TPSA) is 61.0 Å². The number of hydrogen-bond donors (Lipinski definition) is 1. The predicted octanol–water partition coefficient (Wildman–Crippen LogP) is 3.51. The van der Waals surface area contributed by atoms with Gasteiger partial charge in [-0.1, -0.05) is 6.07 Å². The smallest absolute Gasteiger partial charge is 0.240 e. The van der Waals surface area contributed by atoms with E-state index in [1.807, 2.05) is 12.3 Å². The summed E-state index contributed by atoms with van der Waals surface area (Å²) in [6.07, 6.45) is 1.40. The molecule has 0 spiro atoms. The molecule has 3 rings (SSSR count). The van der Waals surface area contributed by atoms with Crippen LogP contribution in [0.2, 0.25) is 0 Å². The highest BCUT2D eigenvalue weighted by Crippen LogP contribution is 2.35. The van der Waals surface area contributed by atoms with Gasteiger partial charge in [-0.2, -0.15) is 0 Å². The fourth-order valence-corrected chi connectivity index (χ4v) is 2.68. The Labute approximate surface area is 112 Å². The van der Waals surface area contributed by atoms with E-state index in [1.165, 1.54) is 29.8 Å². The summed E-state index contributed by atoms with van der Waals surface area (Å²) in [5, 5.41) is 1.96. The number of hydrogen-bond acceptors (Lipinski definition) is 5. The summed E-state index contributed by atoms with van der Waals surface area (Å²) in [4.78, 5) is 8.23. The number of nitrogens with two attached hydrogens (primary N) is 1. The fraction of sp³-hybridized carbons (Fsp3) is 0.0769. The quantitative estimate of drug-likeness (QED) is 0.727. The maximum absolute atomic E-state index is 13.7. The van der Waals surface area contributed by atoms with Gasteiger partial charge in [0.15, 0.2) is 11.6 Å². The normalized spacial score (nSPS) is 10.8. The van der Waals surface area contributed by atoms with E-state index in [0.29, 0.717) is 5.88 Å².